The number of hydrogen-bond acceptors (Lipinski definition) is 4. The van der Waals surface area contributed by atoms with Gasteiger partial charge in [0.2, 0.25) is 11.0 Å². The van der Waals surface area contributed by atoms with Crippen molar-refractivity contribution in [3.8, 4) is 0 Å². The maximum Gasteiger partial charge on any atom is 0.230 e. The normalized spacial score (nSPS) is 10.6. The van der Waals surface area contributed by atoms with Crippen LogP contribution < -0.4 is 5.32 Å². The minimum atomic E-state index is -0.0893. The molecule has 0 aliphatic carbocycles. The van der Waals surface area contributed by atoms with Crippen molar-refractivity contribution in [2.24, 2.45) is 0 Å². The van der Waals surface area contributed by atoms with Crippen molar-refractivity contribution in [1.29, 1.82) is 0 Å². The molecule has 0 radical (unpaired) electrons. The molecule has 0 saturated carbocycles. The van der Waals surface area contributed by atoms with E-state index in [1.165, 1.54) is 24.2 Å². The minimum absolute atomic E-state index is 0.0893. The number of anilines is 1. The summed E-state index contributed by atoms with van der Waals surface area (Å²) >= 11 is 7.27. The SMILES string of the molecule is CCCCCc1nnc(NC(=O)Cc2ccc(Cl)cc2)s1. The Morgan fingerprint density at radius 2 is 2.00 bits per heavy atom. The number of nitrogens with one attached hydrogen (secondary N) is 1. The van der Waals surface area contributed by atoms with Gasteiger partial charge in [-0.25, -0.2) is 0 Å². The standard InChI is InChI=1S/C15H18ClN3OS/c1-2-3-4-5-14-18-19-15(21-14)17-13(20)10-11-6-8-12(16)9-7-11/h6-9H,2-5,10H2,1H3,(H,17,19,20). The molecule has 1 N–H and O–H groups in total. The number of unbranched alkanes of at least 4 members (excludes halogenated alkanes) is 2. The van der Waals surface area contributed by atoms with Gasteiger partial charge in [-0.1, -0.05) is 54.8 Å². The van der Waals surface area contributed by atoms with Crippen LogP contribution >= 0.6 is 22.9 Å². The Labute approximate surface area is 133 Å². The first-order valence-corrected chi connectivity index (χ1v) is 8.23. The Hall–Kier alpha value is -1.46. The molecular weight excluding hydrogens is 306 g/mol. The molecular formula is C15H18ClN3OS. The van der Waals surface area contributed by atoms with Crippen molar-refractivity contribution in [1.82, 2.24) is 10.2 Å². The van der Waals surface area contributed by atoms with Crippen molar-refractivity contribution in [3.63, 3.8) is 0 Å². The molecule has 1 aromatic heterocycles. The fourth-order valence-corrected chi connectivity index (χ4v) is 2.81. The zero-order valence-electron chi connectivity index (χ0n) is 11.9. The Bertz CT molecular complexity index is 583. The smallest absolute Gasteiger partial charge is 0.230 e. The number of carbonyl (C=O) groups excluding carboxylic acids is 1. The number of nitrogens with zero attached hydrogens (tertiary/aromatic N) is 2. The predicted molar refractivity (Wildman–Crippen MR) is 86.9 cm³/mol. The molecule has 2 rings (SSSR count). The minimum Gasteiger partial charge on any atom is -0.300 e. The molecule has 6 heteroatoms. The number of halogens is 1. The van der Waals surface area contributed by atoms with Crippen LogP contribution in [0.1, 0.15) is 36.8 Å². The lowest BCUT2D eigenvalue weighted by Gasteiger charge is -2.01. The van der Waals surface area contributed by atoms with E-state index in [1.807, 2.05) is 12.1 Å². The molecule has 1 aromatic carbocycles. The lowest BCUT2D eigenvalue weighted by atomic mass is 10.1. The topological polar surface area (TPSA) is 54.9 Å². The number of aromatic nitrogens is 2. The third-order valence-electron chi connectivity index (χ3n) is 2.99. The summed E-state index contributed by atoms with van der Waals surface area (Å²) in [7, 11) is 0. The molecule has 21 heavy (non-hydrogen) atoms. The zero-order chi connectivity index (χ0) is 15.1. The van der Waals surface area contributed by atoms with Gasteiger partial charge in [0, 0.05) is 11.4 Å². The van der Waals surface area contributed by atoms with E-state index in [9.17, 15) is 4.79 Å². The molecule has 0 unspecified atom stereocenters. The monoisotopic (exact) mass is 323 g/mol. The summed E-state index contributed by atoms with van der Waals surface area (Å²) < 4.78 is 0. The van der Waals surface area contributed by atoms with Gasteiger partial charge >= 0.3 is 0 Å². The lowest BCUT2D eigenvalue weighted by Crippen LogP contribution is -2.14. The zero-order valence-corrected chi connectivity index (χ0v) is 13.5. The van der Waals surface area contributed by atoms with E-state index in [1.54, 1.807) is 12.1 Å². The highest BCUT2D eigenvalue weighted by atomic mass is 35.5. The second-order valence-corrected chi connectivity index (χ2v) is 6.31. The maximum absolute atomic E-state index is 11.9. The molecule has 0 spiro atoms. The number of aryl methyl sites for hydroxylation is 1. The summed E-state index contributed by atoms with van der Waals surface area (Å²) in [5, 5.41) is 13.1. The summed E-state index contributed by atoms with van der Waals surface area (Å²) in [6, 6.07) is 7.25. The lowest BCUT2D eigenvalue weighted by molar-refractivity contribution is -0.115. The van der Waals surface area contributed by atoms with Crippen LogP contribution in [0.3, 0.4) is 0 Å². The van der Waals surface area contributed by atoms with Gasteiger partial charge in [0.05, 0.1) is 6.42 Å². The number of hydrogen-bond donors (Lipinski definition) is 1. The number of benzene rings is 1. The summed E-state index contributed by atoms with van der Waals surface area (Å²) in [5.74, 6) is -0.0893. The molecule has 1 amide bonds. The molecule has 0 saturated heterocycles. The largest absolute Gasteiger partial charge is 0.300 e. The Balaban J connectivity index is 1.83. The Morgan fingerprint density at radius 3 is 2.71 bits per heavy atom. The predicted octanol–water partition coefficient (Wildman–Crippen LogP) is 4.11. The van der Waals surface area contributed by atoms with Gasteiger partial charge in [0.25, 0.3) is 0 Å². The van der Waals surface area contributed by atoms with Crippen LogP contribution in [0.25, 0.3) is 0 Å². The van der Waals surface area contributed by atoms with Gasteiger partial charge in [0.1, 0.15) is 5.01 Å². The Morgan fingerprint density at radius 1 is 1.24 bits per heavy atom. The van der Waals surface area contributed by atoms with E-state index in [0.717, 1.165) is 23.4 Å². The molecule has 0 aliphatic heterocycles. The average Bonchev–Trinajstić information content (AvgIpc) is 2.89. The van der Waals surface area contributed by atoms with Crippen LogP contribution in [0.15, 0.2) is 24.3 Å². The van der Waals surface area contributed by atoms with Crippen molar-refractivity contribution >= 4 is 34.0 Å². The fraction of sp³-hybridized carbons (Fsp3) is 0.400. The summed E-state index contributed by atoms with van der Waals surface area (Å²) in [6.07, 6.45) is 4.73. The molecule has 0 bridgehead atoms. The van der Waals surface area contributed by atoms with E-state index in [0.29, 0.717) is 16.6 Å². The van der Waals surface area contributed by atoms with Crippen LogP contribution in [0.2, 0.25) is 5.02 Å². The van der Waals surface area contributed by atoms with Gasteiger partial charge in [-0.3, -0.25) is 4.79 Å². The van der Waals surface area contributed by atoms with Gasteiger partial charge in [-0.2, -0.15) is 0 Å². The highest BCUT2D eigenvalue weighted by Crippen LogP contribution is 2.18. The van der Waals surface area contributed by atoms with Crippen LogP contribution in [0.4, 0.5) is 5.13 Å². The molecule has 4 nitrogen and oxygen atoms in total. The third-order valence-corrected chi connectivity index (χ3v) is 4.14. The summed E-state index contributed by atoms with van der Waals surface area (Å²) in [6.45, 7) is 2.17. The number of amides is 1. The molecule has 2 aromatic rings. The fourth-order valence-electron chi connectivity index (χ4n) is 1.88. The van der Waals surface area contributed by atoms with Gasteiger partial charge in [-0.15, -0.1) is 10.2 Å². The van der Waals surface area contributed by atoms with Gasteiger partial charge in [0.15, 0.2) is 0 Å². The van der Waals surface area contributed by atoms with E-state index in [-0.39, 0.29) is 5.91 Å². The first-order valence-electron chi connectivity index (χ1n) is 7.04. The van der Waals surface area contributed by atoms with E-state index >= 15 is 0 Å². The highest BCUT2D eigenvalue weighted by molar-refractivity contribution is 7.15. The van der Waals surface area contributed by atoms with Crippen LogP contribution in [-0.4, -0.2) is 16.1 Å². The molecule has 0 aliphatic rings. The quantitative estimate of drug-likeness (QED) is 0.780. The van der Waals surface area contributed by atoms with Gasteiger partial charge in [-0.05, 0) is 24.1 Å². The van der Waals surface area contributed by atoms with Crippen molar-refractivity contribution in [2.45, 2.75) is 39.0 Å². The maximum atomic E-state index is 11.9. The molecule has 1 heterocycles. The Kier molecular flexibility index (Phi) is 6.14. The first kappa shape index (κ1) is 15.9. The third kappa shape index (κ3) is 5.44. The van der Waals surface area contributed by atoms with Crippen molar-refractivity contribution in [3.05, 3.63) is 39.9 Å². The number of rotatable bonds is 7. The second-order valence-electron chi connectivity index (χ2n) is 4.81. The highest BCUT2D eigenvalue weighted by Gasteiger charge is 2.09. The van der Waals surface area contributed by atoms with Crippen molar-refractivity contribution < 1.29 is 4.79 Å². The average molecular weight is 324 g/mol. The molecule has 0 atom stereocenters. The first-order chi connectivity index (χ1) is 10.2. The summed E-state index contributed by atoms with van der Waals surface area (Å²) in [4.78, 5) is 11.9. The molecule has 112 valence electrons. The summed E-state index contributed by atoms with van der Waals surface area (Å²) in [5.41, 5.74) is 0.921. The van der Waals surface area contributed by atoms with E-state index in [2.05, 4.69) is 22.4 Å². The van der Waals surface area contributed by atoms with Gasteiger partial charge < -0.3 is 5.32 Å². The van der Waals surface area contributed by atoms with Crippen LogP contribution in [0.5, 0.6) is 0 Å². The molecule has 0 fully saturated rings. The van der Waals surface area contributed by atoms with Crippen LogP contribution in [-0.2, 0) is 17.6 Å². The van der Waals surface area contributed by atoms with E-state index < -0.39 is 0 Å². The van der Waals surface area contributed by atoms with Crippen LogP contribution in [0, 0.1) is 0 Å². The second kappa shape index (κ2) is 8.10. The van der Waals surface area contributed by atoms with Crippen molar-refractivity contribution in [2.75, 3.05) is 5.32 Å². The van der Waals surface area contributed by atoms with E-state index in [4.69, 9.17) is 11.6 Å². The number of carbonyl (C=O) groups is 1.